The van der Waals surface area contributed by atoms with Crippen molar-refractivity contribution in [2.45, 2.75) is 57.9 Å². The number of rotatable bonds is 5. The molecule has 2 aliphatic carbocycles. The van der Waals surface area contributed by atoms with Gasteiger partial charge >= 0.3 is 12.0 Å². The number of hydrogen-bond acceptors (Lipinski definition) is 3. The molecule has 2 saturated carbocycles. The van der Waals surface area contributed by atoms with Gasteiger partial charge in [0.05, 0.1) is 23.0 Å². The summed E-state index contributed by atoms with van der Waals surface area (Å²) in [5, 5.41) is 17.1. The Morgan fingerprint density at radius 1 is 1.40 bits per heavy atom. The number of likely N-dealkylation sites (tertiary alicyclic amines) is 1. The molecule has 2 atom stereocenters. The molecule has 0 aromatic carbocycles. The van der Waals surface area contributed by atoms with E-state index in [1.165, 1.54) is 0 Å². The van der Waals surface area contributed by atoms with Gasteiger partial charge in [0.25, 0.3) is 0 Å². The number of fused-ring (bicyclic) bond motifs is 1. The minimum absolute atomic E-state index is 0.0847. The SMILES string of the molecule is CCCn1ncc(NC(=O)N2C[C@@H]3CCC[C@@]3(C(=O)O)C2)c1C1CC1. The average molecular weight is 346 g/mol. The largest absolute Gasteiger partial charge is 0.481 e. The first-order valence-corrected chi connectivity index (χ1v) is 9.40. The molecule has 2 heterocycles. The number of aryl methyl sites for hydroxylation is 1. The van der Waals surface area contributed by atoms with Gasteiger partial charge < -0.3 is 15.3 Å². The molecule has 7 heteroatoms. The van der Waals surface area contributed by atoms with Crippen molar-refractivity contribution in [2.24, 2.45) is 11.3 Å². The Morgan fingerprint density at radius 3 is 2.84 bits per heavy atom. The maximum absolute atomic E-state index is 12.8. The molecular weight excluding hydrogens is 320 g/mol. The third-order valence-electron chi connectivity index (χ3n) is 6.11. The first-order valence-electron chi connectivity index (χ1n) is 9.40. The van der Waals surface area contributed by atoms with E-state index in [4.69, 9.17) is 0 Å². The van der Waals surface area contributed by atoms with E-state index < -0.39 is 11.4 Å². The lowest BCUT2D eigenvalue weighted by Crippen LogP contribution is -2.38. The van der Waals surface area contributed by atoms with E-state index >= 15 is 0 Å². The number of anilines is 1. The van der Waals surface area contributed by atoms with Crippen LogP contribution in [0, 0.1) is 11.3 Å². The Balaban J connectivity index is 1.49. The minimum atomic E-state index is -0.750. The lowest BCUT2D eigenvalue weighted by Gasteiger charge is -2.23. The summed E-state index contributed by atoms with van der Waals surface area (Å²) >= 11 is 0. The molecule has 3 fully saturated rings. The number of amides is 2. The zero-order valence-corrected chi connectivity index (χ0v) is 14.7. The predicted octanol–water partition coefficient (Wildman–Crippen LogP) is 2.89. The van der Waals surface area contributed by atoms with E-state index in [0.717, 1.165) is 50.0 Å². The predicted molar refractivity (Wildman–Crippen MR) is 92.5 cm³/mol. The van der Waals surface area contributed by atoms with Crippen molar-refractivity contribution in [1.82, 2.24) is 14.7 Å². The smallest absolute Gasteiger partial charge is 0.321 e. The molecule has 3 aliphatic rings. The van der Waals surface area contributed by atoms with Crippen LogP contribution < -0.4 is 5.32 Å². The average Bonchev–Trinajstić information content (AvgIpc) is 3.03. The Kier molecular flexibility index (Phi) is 3.96. The summed E-state index contributed by atoms with van der Waals surface area (Å²) in [4.78, 5) is 26.2. The van der Waals surface area contributed by atoms with Crippen LogP contribution >= 0.6 is 0 Å². The maximum atomic E-state index is 12.8. The van der Waals surface area contributed by atoms with E-state index in [1.807, 2.05) is 4.68 Å². The van der Waals surface area contributed by atoms with Gasteiger partial charge in [-0.1, -0.05) is 13.3 Å². The number of aliphatic carboxylic acids is 1. The van der Waals surface area contributed by atoms with Gasteiger partial charge in [-0.2, -0.15) is 5.10 Å². The molecule has 0 unspecified atom stereocenters. The minimum Gasteiger partial charge on any atom is -0.481 e. The number of hydrogen-bond donors (Lipinski definition) is 2. The second-order valence-electron chi connectivity index (χ2n) is 7.80. The van der Waals surface area contributed by atoms with Crippen LogP contribution in [0.2, 0.25) is 0 Å². The first-order chi connectivity index (χ1) is 12.0. The fourth-order valence-electron chi connectivity index (χ4n) is 4.66. The van der Waals surface area contributed by atoms with Gasteiger partial charge in [-0.15, -0.1) is 0 Å². The summed E-state index contributed by atoms with van der Waals surface area (Å²) in [7, 11) is 0. The number of carboxylic acid groups (broad SMARTS) is 1. The summed E-state index contributed by atoms with van der Waals surface area (Å²) in [6.45, 7) is 3.83. The van der Waals surface area contributed by atoms with Crippen LogP contribution in [0.3, 0.4) is 0 Å². The molecular formula is C18H26N4O3. The Bertz CT molecular complexity index is 696. The van der Waals surface area contributed by atoms with Gasteiger partial charge in [0, 0.05) is 25.6 Å². The monoisotopic (exact) mass is 346 g/mol. The van der Waals surface area contributed by atoms with Crippen molar-refractivity contribution in [3.63, 3.8) is 0 Å². The topological polar surface area (TPSA) is 87.5 Å². The molecule has 0 radical (unpaired) electrons. The molecule has 2 N–H and O–H groups in total. The van der Waals surface area contributed by atoms with Crippen molar-refractivity contribution in [3.8, 4) is 0 Å². The first kappa shape index (κ1) is 16.4. The third-order valence-corrected chi connectivity index (χ3v) is 6.11. The molecule has 7 nitrogen and oxygen atoms in total. The number of carbonyl (C=O) groups is 2. The molecule has 2 amide bonds. The lowest BCUT2D eigenvalue weighted by molar-refractivity contribution is -0.149. The molecule has 1 aromatic heterocycles. The summed E-state index contributed by atoms with van der Waals surface area (Å²) in [6.07, 6.45) is 7.56. The van der Waals surface area contributed by atoms with E-state index in [9.17, 15) is 14.7 Å². The van der Waals surface area contributed by atoms with Crippen molar-refractivity contribution in [1.29, 1.82) is 0 Å². The summed E-state index contributed by atoms with van der Waals surface area (Å²) < 4.78 is 2.00. The van der Waals surface area contributed by atoms with Gasteiger partial charge in [0.2, 0.25) is 0 Å². The second kappa shape index (κ2) is 6.04. The molecule has 0 spiro atoms. The summed E-state index contributed by atoms with van der Waals surface area (Å²) in [6, 6.07) is -0.187. The van der Waals surface area contributed by atoms with Crippen molar-refractivity contribution in [3.05, 3.63) is 11.9 Å². The fraction of sp³-hybridized carbons (Fsp3) is 0.722. The van der Waals surface area contributed by atoms with E-state index in [0.29, 0.717) is 25.4 Å². The lowest BCUT2D eigenvalue weighted by atomic mass is 9.81. The summed E-state index contributed by atoms with van der Waals surface area (Å²) in [5.41, 5.74) is 1.19. The third kappa shape index (κ3) is 2.69. The number of nitrogens with zero attached hydrogens (tertiary/aromatic N) is 3. The van der Waals surface area contributed by atoms with Gasteiger partial charge in [-0.3, -0.25) is 9.48 Å². The van der Waals surface area contributed by atoms with Gasteiger partial charge in [-0.05, 0) is 38.0 Å². The Morgan fingerprint density at radius 2 is 2.20 bits per heavy atom. The van der Waals surface area contributed by atoms with Crippen LogP contribution in [0.1, 0.15) is 57.1 Å². The molecule has 1 saturated heterocycles. The zero-order valence-electron chi connectivity index (χ0n) is 14.7. The van der Waals surface area contributed by atoms with Crippen molar-refractivity contribution >= 4 is 17.7 Å². The van der Waals surface area contributed by atoms with Gasteiger partial charge in [0.15, 0.2) is 0 Å². The molecule has 4 rings (SSSR count). The summed E-state index contributed by atoms with van der Waals surface area (Å²) in [5.74, 6) is -0.172. The van der Waals surface area contributed by atoms with Crippen LogP contribution in [-0.4, -0.2) is 44.9 Å². The second-order valence-corrected chi connectivity index (χ2v) is 7.80. The fourth-order valence-corrected chi connectivity index (χ4v) is 4.66. The Labute approximate surface area is 147 Å². The van der Waals surface area contributed by atoms with Crippen LogP contribution in [0.4, 0.5) is 10.5 Å². The quantitative estimate of drug-likeness (QED) is 0.858. The highest BCUT2D eigenvalue weighted by Gasteiger charge is 2.55. The van der Waals surface area contributed by atoms with Crippen molar-refractivity contribution in [2.75, 3.05) is 18.4 Å². The number of aromatic nitrogens is 2. The van der Waals surface area contributed by atoms with Crippen molar-refractivity contribution < 1.29 is 14.7 Å². The highest BCUT2D eigenvalue weighted by molar-refractivity contribution is 5.91. The van der Waals surface area contributed by atoms with E-state index in [1.54, 1.807) is 11.1 Å². The van der Waals surface area contributed by atoms with Crippen LogP contribution in [-0.2, 0) is 11.3 Å². The molecule has 1 aromatic rings. The molecule has 0 bridgehead atoms. The van der Waals surface area contributed by atoms with Crippen LogP contribution in [0.25, 0.3) is 0 Å². The molecule has 25 heavy (non-hydrogen) atoms. The van der Waals surface area contributed by atoms with Gasteiger partial charge in [-0.25, -0.2) is 4.79 Å². The number of carbonyl (C=O) groups excluding carboxylic acids is 1. The van der Waals surface area contributed by atoms with Crippen LogP contribution in [0.15, 0.2) is 6.20 Å². The highest BCUT2D eigenvalue weighted by atomic mass is 16.4. The maximum Gasteiger partial charge on any atom is 0.321 e. The molecule has 136 valence electrons. The molecule has 1 aliphatic heterocycles. The zero-order chi connectivity index (χ0) is 17.6. The van der Waals surface area contributed by atoms with Crippen LogP contribution in [0.5, 0.6) is 0 Å². The van der Waals surface area contributed by atoms with E-state index in [-0.39, 0.29) is 11.9 Å². The number of nitrogens with one attached hydrogen (secondary N) is 1. The standard InChI is InChI=1S/C18H26N4O3/c1-2-8-22-15(12-5-6-12)14(9-19-22)20-17(25)21-10-13-4-3-7-18(13,11-21)16(23)24/h9,12-13H,2-8,10-11H2,1H3,(H,20,25)(H,23,24)/t13-,18+/m0/s1. The van der Waals surface area contributed by atoms with E-state index in [2.05, 4.69) is 17.3 Å². The highest BCUT2D eigenvalue weighted by Crippen LogP contribution is 2.49. The Hall–Kier alpha value is -2.05. The number of carboxylic acids is 1. The van der Waals surface area contributed by atoms with Gasteiger partial charge in [0.1, 0.15) is 0 Å². The normalized spacial score (nSPS) is 28.2. The number of urea groups is 1.